The molecule has 108 valence electrons. The summed E-state index contributed by atoms with van der Waals surface area (Å²) in [4.78, 5) is 14.8. The van der Waals surface area contributed by atoms with Gasteiger partial charge >= 0.3 is 5.97 Å². The summed E-state index contributed by atoms with van der Waals surface area (Å²) in [5, 5.41) is 18.7. The van der Waals surface area contributed by atoms with Gasteiger partial charge in [0.05, 0.1) is 5.04 Å². The number of rotatable bonds is 5. The number of aliphatic carboxylic acids is 1. The Morgan fingerprint density at radius 3 is 2.43 bits per heavy atom. The van der Waals surface area contributed by atoms with E-state index in [1.54, 1.807) is 18.2 Å². The first-order chi connectivity index (χ1) is 10.1. The minimum atomic E-state index is -0.877. The summed E-state index contributed by atoms with van der Waals surface area (Å²) in [6.45, 7) is 0. The highest BCUT2D eigenvalue weighted by Crippen LogP contribution is 2.19. The van der Waals surface area contributed by atoms with Gasteiger partial charge in [-0.3, -0.25) is 4.99 Å². The number of carboxylic acids is 1. The lowest BCUT2D eigenvalue weighted by atomic mass is 10.2. The van der Waals surface area contributed by atoms with Crippen LogP contribution in [-0.2, 0) is 4.79 Å². The first kappa shape index (κ1) is 15.1. The van der Waals surface area contributed by atoms with Crippen molar-refractivity contribution in [3.63, 3.8) is 0 Å². The summed E-state index contributed by atoms with van der Waals surface area (Å²) in [7, 11) is 0. The summed E-state index contributed by atoms with van der Waals surface area (Å²) in [6, 6.07) is 6.31. The SMILES string of the molecule is O=C(O)C1CSC(/C=C/C=C/C=C/c2ccc(O)cc2)=N1. The Bertz CT molecular complexity index is 615. The lowest BCUT2D eigenvalue weighted by Crippen LogP contribution is -2.16. The minimum Gasteiger partial charge on any atom is -0.508 e. The van der Waals surface area contributed by atoms with E-state index in [9.17, 15) is 4.79 Å². The lowest BCUT2D eigenvalue weighted by Gasteiger charge is -1.93. The van der Waals surface area contributed by atoms with Crippen molar-refractivity contribution in [3.05, 3.63) is 60.2 Å². The largest absolute Gasteiger partial charge is 0.508 e. The normalized spacial score (nSPS) is 18.9. The zero-order valence-electron chi connectivity index (χ0n) is 11.2. The highest BCUT2D eigenvalue weighted by atomic mass is 32.2. The predicted octanol–water partition coefficient (Wildman–Crippen LogP) is 3.12. The Morgan fingerprint density at radius 1 is 1.14 bits per heavy atom. The third kappa shape index (κ3) is 4.96. The number of aromatic hydroxyl groups is 1. The molecule has 4 nitrogen and oxygen atoms in total. The van der Waals surface area contributed by atoms with Crippen LogP contribution in [0.15, 0.2) is 59.6 Å². The van der Waals surface area contributed by atoms with Gasteiger partial charge in [0.25, 0.3) is 0 Å². The molecule has 1 atom stereocenters. The van der Waals surface area contributed by atoms with Crippen molar-refractivity contribution in [1.29, 1.82) is 0 Å². The summed E-state index contributed by atoms with van der Waals surface area (Å²) < 4.78 is 0. The van der Waals surface area contributed by atoms with Crippen molar-refractivity contribution < 1.29 is 15.0 Å². The van der Waals surface area contributed by atoms with Gasteiger partial charge in [-0.15, -0.1) is 11.8 Å². The quantitative estimate of drug-likeness (QED) is 0.820. The van der Waals surface area contributed by atoms with Gasteiger partial charge in [-0.05, 0) is 23.8 Å². The Hall–Kier alpha value is -2.27. The van der Waals surface area contributed by atoms with Crippen molar-refractivity contribution in [2.45, 2.75) is 6.04 Å². The molecule has 21 heavy (non-hydrogen) atoms. The van der Waals surface area contributed by atoms with Gasteiger partial charge in [0, 0.05) is 5.75 Å². The lowest BCUT2D eigenvalue weighted by molar-refractivity contribution is -0.137. The van der Waals surface area contributed by atoms with E-state index in [-0.39, 0.29) is 5.75 Å². The second-order valence-electron chi connectivity index (χ2n) is 4.33. The topological polar surface area (TPSA) is 69.9 Å². The number of hydrogen-bond donors (Lipinski definition) is 2. The molecule has 1 unspecified atom stereocenters. The fourth-order valence-corrected chi connectivity index (χ4v) is 2.55. The summed E-state index contributed by atoms with van der Waals surface area (Å²) >= 11 is 1.45. The molecule has 2 rings (SSSR count). The van der Waals surface area contributed by atoms with Gasteiger partial charge in [-0.2, -0.15) is 0 Å². The molecule has 0 aromatic heterocycles. The van der Waals surface area contributed by atoms with Crippen LogP contribution in [0.5, 0.6) is 5.75 Å². The average molecular weight is 301 g/mol. The summed E-state index contributed by atoms with van der Waals surface area (Å²) in [6.07, 6.45) is 11.2. The number of benzene rings is 1. The summed E-state index contributed by atoms with van der Waals surface area (Å²) in [5.41, 5.74) is 1.00. The van der Waals surface area contributed by atoms with Crippen LogP contribution >= 0.6 is 11.8 Å². The third-order valence-electron chi connectivity index (χ3n) is 2.71. The van der Waals surface area contributed by atoms with Crippen molar-refractivity contribution in [2.24, 2.45) is 4.99 Å². The van der Waals surface area contributed by atoms with Crippen LogP contribution in [-0.4, -0.2) is 33.0 Å². The van der Waals surface area contributed by atoms with E-state index >= 15 is 0 Å². The molecule has 1 aromatic carbocycles. The number of allylic oxidation sites excluding steroid dienone is 4. The Kier molecular flexibility index (Phi) is 5.40. The maximum absolute atomic E-state index is 10.7. The van der Waals surface area contributed by atoms with Gasteiger partial charge in [0.2, 0.25) is 0 Å². The van der Waals surface area contributed by atoms with Crippen molar-refractivity contribution in [1.82, 2.24) is 0 Å². The first-order valence-electron chi connectivity index (χ1n) is 6.39. The monoisotopic (exact) mass is 301 g/mol. The molecule has 0 spiro atoms. The smallest absolute Gasteiger partial charge is 0.329 e. The zero-order chi connectivity index (χ0) is 15.1. The average Bonchev–Trinajstić information content (AvgIpc) is 2.94. The molecular formula is C16H15NO3S. The maximum atomic E-state index is 10.7. The van der Waals surface area contributed by atoms with Crippen LogP contribution in [0.4, 0.5) is 0 Å². The summed E-state index contributed by atoms with van der Waals surface area (Å²) in [5.74, 6) is -0.127. The molecule has 5 heteroatoms. The molecule has 1 heterocycles. The first-order valence-corrected chi connectivity index (χ1v) is 7.37. The van der Waals surface area contributed by atoms with Gasteiger partial charge in [-0.25, -0.2) is 4.79 Å². The highest BCUT2D eigenvalue weighted by molar-refractivity contribution is 8.14. The van der Waals surface area contributed by atoms with E-state index < -0.39 is 12.0 Å². The number of carboxylic acid groups (broad SMARTS) is 1. The number of carbonyl (C=O) groups is 1. The van der Waals surface area contributed by atoms with E-state index in [0.717, 1.165) is 10.6 Å². The Labute approximate surface area is 127 Å². The van der Waals surface area contributed by atoms with Crippen molar-refractivity contribution in [3.8, 4) is 5.75 Å². The molecule has 0 bridgehead atoms. The molecule has 0 saturated heterocycles. The van der Waals surface area contributed by atoms with Crippen LogP contribution in [0.25, 0.3) is 6.08 Å². The number of phenolic OH excluding ortho intramolecular Hbond substituents is 1. The molecule has 0 saturated carbocycles. The van der Waals surface area contributed by atoms with E-state index in [0.29, 0.717) is 5.75 Å². The number of aliphatic imine (C=N–C) groups is 1. The van der Waals surface area contributed by atoms with Gasteiger partial charge in [-0.1, -0.05) is 42.5 Å². The Balaban J connectivity index is 1.83. The van der Waals surface area contributed by atoms with E-state index in [4.69, 9.17) is 10.2 Å². The maximum Gasteiger partial charge on any atom is 0.329 e. The molecule has 2 N–H and O–H groups in total. The molecule has 1 aliphatic heterocycles. The molecule has 0 radical (unpaired) electrons. The van der Waals surface area contributed by atoms with Crippen molar-refractivity contribution in [2.75, 3.05) is 5.75 Å². The van der Waals surface area contributed by atoms with Gasteiger partial charge < -0.3 is 10.2 Å². The van der Waals surface area contributed by atoms with E-state index in [1.807, 2.05) is 42.5 Å². The number of thioether (sulfide) groups is 1. The molecule has 0 fully saturated rings. The van der Waals surface area contributed by atoms with E-state index in [2.05, 4.69) is 4.99 Å². The van der Waals surface area contributed by atoms with Crippen LogP contribution in [0.3, 0.4) is 0 Å². The van der Waals surface area contributed by atoms with Crippen LogP contribution in [0, 0.1) is 0 Å². The molecule has 0 amide bonds. The predicted molar refractivity (Wildman–Crippen MR) is 86.7 cm³/mol. The van der Waals surface area contributed by atoms with Gasteiger partial charge in [0.1, 0.15) is 5.75 Å². The van der Waals surface area contributed by atoms with Crippen molar-refractivity contribution >= 4 is 28.9 Å². The fraction of sp³-hybridized carbons (Fsp3) is 0.125. The minimum absolute atomic E-state index is 0.250. The zero-order valence-corrected chi connectivity index (χ0v) is 12.0. The van der Waals surface area contributed by atoms with E-state index in [1.165, 1.54) is 11.8 Å². The highest BCUT2D eigenvalue weighted by Gasteiger charge is 2.22. The van der Waals surface area contributed by atoms with Crippen LogP contribution in [0.2, 0.25) is 0 Å². The molecule has 0 aliphatic carbocycles. The second kappa shape index (κ2) is 7.50. The number of phenols is 1. The standard InChI is InChI=1S/C16H15NO3S/c18-13-9-7-12(8-10-13)5-3-1-2-4-6-15-17-14(11-21-15)16(19)20/h1-10,14,18H,11H2,(H,19,20)/b2-1+,5-3+,6-4+. The number of hydrogen-bond acceptors (Lipinski definition) is 4. The second-order valence-corrected chi connectivity index (χ2v) is 5.37. The fourth-order valence-electron chi connectivity index (χ4n) is 1.63. The molecule has 1 aromatic rings. The molecular weight excluding hydrogens is 286 g/mol. The third-order valence-corrected chi connectivity index (χ3v) is 3.73. The Morgan fingerprint density at radius 2 is 1.81 bits per heavy atom. The van der Waals surface area contributed by atoms with Crippen LogP contribution < -0.4 is 0 Å². The van der Waals surface area contributed by atoms with Gasteiger partial charge in [0.15, 0.2) is 6.04 Å². The molecule has 1 aliphatic rings. The number of nitrogens with zero attached hydrogens (tertiary/aromatic N) is 1. The van der Waals surface area contributed by atoms with Crippen LogP contribution in [0.1, 0.15) is 5.56 Å².